The first-order valence-corrected chi connectivity index (χ1v) is 10.1. The Hall–Kier alpha value is -2.58. The van der Waals surface area contributed by atoms with Gasteiger partial charge in [-0.05, 0) is 30.7 Å². The molecule has 1 amide bonds. The summed E-state index contributed by atoms with van der Waals surface area (Å²) in [7, 11) is -3.73. The van der Waals surface area contributed by atoms with E-state index < -0.39 is 10.0 Å². The van der Waals surface area contributed by atoms with E-state index in [0.717, 1.165) is 11.3 Å². The molecule has 0 saturated heterocycles. The maximum atomic E-state index is 12.6. The van der Waals surface area contributed by atoms with E-state index in [1.807, 2.05) is 31.2 Å². The zero-order valence-corrected chi connectivity index (χ0v) is 16.1. The van der Waals surface area contributed by atoms with Crippen LogP contribution in [0.15, 0.2) is 47.4 Å². The zero-order chi connectivity index (χ0) is 19.4. The highest BCUT2D eigenvalue weighted by atomic mass is 32.2. The first-order valence-electron chi connectivity index (χ1n) is 8.61. The molecule has 7 nitrogen and oxygen atoms in total. The number of nitrogens with one attached hydrogen (secondary N) is 1. The number of benzene rings is 2. The number of carbonyl (C=O) groups excluding carboxylic acids is 1. The minimum absolute atomic E-state index is 0.0880. The van der Waals surface area contributed by atoms with Crippen molar-refractivity contribution >= 4 is 21.6 Å². The van der Waals surface area contributed by atoms with E-state index in [2.05, 4.69) is 4.72 Å². The van der Waals surface area contributed by atoms with Crippen molar-refractivity contribution in [3.05, 3.63) is 48.0 Å². The molecule has 0 fully saturated rings. The molecule has 3 rings (SSSR count). The molecule has 0 saturated carbocycles. The van der Waals surface area contributed by atoms with Gasteiger partial charge in [0.15, 0.2) is 11.5 Å². The third-order valence-corrected chi connectivity index (χ3v) is 5.70. The number of para-hydroxylation sites is 1. The molecule has 0 spiro atoms. The summed E-state index contributed by atoms with van der Waals surface area (Å²) in [6.07, 6.45) is 0. The van der Waals surface area contributed by atoms with Gasteiger partial charge >= 0.3 is 0 Å². The van der Waals surface area contributed by atoms with Crippen molar-refractivity contribution in [1.82, 2.24) is 4.72 Å². The van der Waals surface area contributed by atoms with Gasteiger partial charge in [-0.25, -0.2) is 13.1 Å². The average molecular weight is 390 g/mol. The number of carbonyl (C=O) groups is 1. The SMILES string of the molecule is CC(=O)N(CCNS(=O)(=O)c1ccc2c(c1)OCCO2)c1ccccc1C. The Balaban J connectivity index is 1.69. The quantitative estimate of drug-likeness (QED) is 0.816. The van der Waals surface area contributed by atoms with Gasteiger partial charge in [0.05, 0.1) is 4.90 Å². The van der Waals surface area contributed by atoms with Crippen LogP contribution >= 0.6 is 0 Å². The topological polar surface area (TPSA) is 84.9 Å². The largest absolute Gasteiger partial charge is 0.486 e. The molecule has 0 bridgehead atoms. The lowest BCUT2D eigenvalue weighted by Crippen LogP contribution is -2.37. The maximum absolute atomic E-state index is 12.6. The molecule has 0 aliphatic carbocycles. The Morgan fingerprint density at radius 3 is 2.52 bits per heavy atom. The first-order chi connectivity index (χ1) is 12.9. The highest BCUT2D eigenvalue weighted by Gasteiger charge is 2.20. The van der Waals surface area contributed by atoms with Gasteiger partial charge in [0, 0.05) is 31.8 Å². The Morgan fingerprint density at radius 1 is 1.11 bits per heavy atom. The summed E-state index contributed by atoms with van der Waals surface area (Å²) in [5.74, 6) is 0.791. The molecule has 0 aromatic heterocycles. The lowest BCUT2D eigenvalue weighted by atomic mass is 10.2. The Morgan fingerprint density at radius 2 is 1.81 bits per heavy atom. The van der Waals surface area contributed by atoms with E-state index >= 15 is 0 Å². The molecule has 0 radical (unpaired) electrons. The molecule has 1 heterocycles. The highest BCUT2D eigenvalue weighted by molar-refractivity contribution is 7.89. The molecule has 27 heavy (non-hydrogen) atoms. The molecular formula is C19H22N2O5S. The van der Waals surface area contributed by atoms with Crippen LogP contribution < -0.4 is 19.1 Å². The number of sulfonamides is 1. The van der Waals surface area contributed by atoms with E-state index in [-0.39, 0.29) is 23.9 Å². The van der Waals surface area contributed by atoms with Crippen molar-refractivity contribution in [2.24, 2.45) is 0 Å². The Kier molecular flexibility index (Phi) is 5.67. The van der Waals surface area contributed by atoms with Gasteiger partial charge in [0.25, 0.3) is 0 Å². The van der Waals surface area contributed by atoms with Gasteiger partial charge in [0.2, 0.25) is 15.9 Å². The molecule has 2 aromatic rings. The third kappa shape index (κ3) is 4.40. The van der Waals surface area contributed by atoms with Gasteiger partial charge < -0.3 is 14.4 Å². The van der Waals surface area contributed by atoms with Gasteiger partial charge in [-0.3, -0.25) is 4.79 Å². The number of rotatable bonds is 6. The van der Waals surface area contributed by atoms with Crippen LogP contribution in [0.4, 0.5) is 5.69 Å². The van der Waals surface area contributed by atoms with Crippen molar-refractivity contribution in [2.75, 3.05) is 31.2 Å². The fourth-order valence-electron chi connectivity index (χ4n) is 2.88. The zero-order valence-electron chi connectivity index (χ0n) is 15.3. The van der Waals surface area contributed by atoms with E-state index in [9.17, 15) is 13.2 Å². The lowest BCUT2D eigenvalue weighted by molar-refractivity contribution is -0.116. The molecule has 1 N–H and O–H groups in total. The molecule has 2 aromatic carbocycles. The average Bonchev–Trinajstić information content (AvgIpc) is 2.65. The maximum Gasteiger partial charge on any atom is 0.240 e. The predicted octanol–water partition coefficient (Wildman–Crippen LogP) is 2.10. The number of amides is 1. The number of hydrogen-bond donors (Lipinski definition) is 1. The predicted molar refractivity (Wildman–Crippen MR) is 102 cm³/mol. The van der Waals surface area contributed by atoms with Crippen molar-refractivity contribution in [3.8, 4) is 11.5 Å². The highest BCUT2D eigenvalue weighted by Crippen LogP contribution is 2.32. The summed E-state index contributed by atoms with van der Waals surface area (Å²) in [5, 5.41) is 0. The number of anilines is 1. The van der Waals surface area contributed by atoms with E-state index in [4.69, 9.17) is 9.47 Å². The standard InChI is InChI=1S/C19H22N2O5S/c1-14-5-3-4-6-17(14)21(15(2)22)10-9-20-27(23,24)16-7-8-18-19(13-16)26-12-11-25-18/h3-8,13,20H,9-12H2,1-2H3. The minimum Gasteiger partial charge on any atom is -0.486 e. The van der Waals surface area contributed by atoms with Crippen LogP contribution in [0.25, 0.3) is 0 Å². The van der Waals surface area contributed by atoms with Crippen molar-refractivity contribution in [2.45, 2.75) is 18.7 Å². The van der Waals surface area contributed by atoms with Gasteiger partial charge in [0.1, 0.15) is 13.2 Å². The van der Waals surface area contributed by atoms with Crippen LogP contribution in [0.1, 0.15) is 12.5 Å². The summed E-state index contributed by atoms with van der Waals surface area (Å²) < 4.78 is 38.5. The van der Waals surface area contributed by atoms with Crippen LogP contribution in [0, 0.1) is 6.92 Å². The molecule has 144 valence electrons. The molecule has 1 aliphatic heterocycles. The molecular weight excluding hydrogens is 368 g/mol. The number of nitrogens with zero attached hydrogens (tertiary/aromatic N) is 1. The third-order valence-electron chi connectivity index (χ3n) is 4.24. The summed E-state index contributed by atoms with van der Waals surface area (Å²) in [5.41, 5.74) is 1.71. The van der Waals surface area contributed by atoms with E-state index in [1.165, 1.54) is 19.1 Å². The van der Waals surface area contributed by atoms with Crippen LogP contribution in [0.3, 0.4) is 0 Å². The van der Waals surface area contributed by atoms with Gasteiger partial charge in [-0.1, -0.05) is 18.2 Å². The summed E-state index contributed by atoms with van der Waals surface area (Å²) >= 11 is 0. The summed E-state index contributed by atoms with van der Waals surface area (Å²) in [6, 6.07) is 12.0. The number of aryl methyl sites for hydroxylation is 1. The monoisotopic (exact) mass is 390 g/mol. The van der Waals surface area contributed by atoms with Crippen LogP contribution in [-0.4, -0.2) is 40.6 Å². The second-order valence-electron chi connectivity index (χ2n) is 6.16. The fraction of sp³-hybridized carbons (Fsp3) is 0.316. The Labute approximate surface area is 158 Å². The molecule has 8 heteroatoms. The van der Waals surface area contributed by atoms with E-state index in [0.29, 0.717) is 24.7 Å². The smallest absolute Gasteiger partial charge is 0.240 e. The molecule has 1 aliphatic rings. The second-order valence-corrected chi connectivity index (χ2v) is 7.93. The molecule has 0 atom stereocenters. The van der Waals surface area contributed by atoms with Gasteiger partial charge in [-0.15, -0.1) is 0 Å². The summed E-state index contributed by atoms with van der Waals surface area (Å²) in [4.78, 5) is 13.7. The minimum atomic E-state index is -3.73. The first kappa shape index (κ1) is 19.2. The molecule has 0 unspecified atom stereocenters. The van der Waals surface area contributed by atoms with Gasteiger partial charge in [-0.2, -0.15) is 0 Å². The van der Waals surface area contributed by atoms with E-state index in [1.54, 1.807) is 11.0 Å². The second kappa shape index (κ2) is 7.98. The Bertz CT molecular complexity index is 943. The number of hydrogen-bond acceptors (Lipinski definition) is 5. The van der Waals surface area contributed by atoms with Crippen LogP contribution in [-0.2, 0) is 14.8 Å². The van der Waals surface area contributed by atoms with Crippen LogP contribution in [0.2, 0.25) is 0 Å². The number of fused-ring (bicyclic) bond motifs is 1. The fourth-order valence-corrected chi connectivity index (χ4v) is 3.92. The number of ether oxygens (including phenoxy) is 2. The van der Waals surface area contributed by atoms with Crippen molar-refractivity contribution in [1.29, 1.82) is 0 Å². The summed E-state index contributed by atoms with van der Waals surface area (Å²) in [6.45, 7) is 4.51. The van der Waals surface area contributed by atoms with Crippen molar-refractivity contribution in [3.63, 3.8) is 0 Å². The van der Waals surface area contributed by atoms with Crippen molar-refractivity contribution < 1.29 is 22.7 Å². The van der Waals surface area contributed by atoms with Crippen LogP contribution in [0.5, 0.6) is 11.5 Å². The normalized spacial score (nSPS) is 13.3. The lowest BCUT2D eigenvalue weighted by Gasteiger charge is -2.23.